The lowest BCUT2D eigenvalue weighted by Gasteiger charge is -2.01. The van der Waals surface area contributed by atoms with Crippen LogP contribution in [0.3, 0.4) is 0 Å². The van der Waals surface area contributed by atoms with E-state index < -0.39 is 5.97 Å². The van der Waals surface area contributed by atoms with E-state index in [1.807, 2.05) is 0 Å². The molecule has 0 atom stereocenters. The van der Waals surface area contributed by atoms with Crippen LogP contribution >= 0.6 is 11.8 Å². The van der Waals surface area contributed by atoms with Gasteiger partial charge in [0.2, 0.25) is 0 Å². The first kappa shape index (κ1) is 11.2. The van der Waals surface area contributed by atoms with E-state index >= 15 is 0 Å². The minimum atomic E-state index is -0.441. The van der Waals surface area contributed by atoms with E-state index in [0.717, 1.165) is 18.0 Å². The van der Waals surface area contributed by atoms with Gasteiger partial charge in [0.25, 0.3) is 0 Å². The van der Waals surface area contributed by atoms with Crippen molar-refractivity contribution >= 4 is 22.8 Å². The summed E-state index contributed by atoms with van der Waals surface area (Å²) >= 11 is 0.971. The van der Waals surface area contributed by atoms with E-state index in [-0.39, 0.29) is 16.8 Å². The van der Waals surface area contributed by atoms with Crippen molar-refractivity contribution in [1.82, 2.24) is 0 Å². The quantitative estimate of drug-likeness (QED) is 0.496. The van der Waals surface area contributed by atoms with Crippen molar-refractivity contribution in [3.05, 3.63) is 12.8 Å². The maximum atomic E-state index is 11.0. The summed E-state index contributed by atoms with van der Waals surface area (Å²) in [5.41, 5.74) is 0. The molecule has 68 valence electrons. The van der Waals surface area contributed by atoms with Gasteiger partial charge in [0.1, 0.15) is 0 Å². The molecule has 0 saturated heterocycles. The summed E-state index contributed by atoms with van der Waals surface area (Å²) in [5.74, 6) is -0.432. The largest absolute Gasteiger partial charge is 0.435 e. The molecular weight excluding hydrogens is 176 g/mol. The molecule has 4 heteroatoms. The molecule has 12 heavy (non-hydrogen) atoms. The molecule has 0 aromatic carbocycles. The van der Waals surface area contributed by atoms with Crippen molar-refractivity contribution in [2.45, 2.75) is 13.8 Å². The summed E-state index contributed by atoms with van der Waals surface area (Å²) in [6.45, 7) is 6.80. The van der Waals surface area contributed by atoms with Gasteiger partial charge in [0.15, 0.2) is 5.12 Å². The van der Waals surface area contributed by atoms with Crippen molar-refractivity contribution < 1.29 is 14.3 Å². The average molecular weight is 188 g/mol. The summed E-state index contributed by atoms with van der Waals surface area (Å²) in [5, 5.41) is -0.00369. The van der Waals surface area contributed by atoms with Crippen molar-refractivity contribution in [2.24, 2.45) is 5.92 Å². The van der Waals surface area contributed by atoms with E-state index in [9.17, 15) is 9.59 Å². The van der Waals surface area contributed by atoms with Crippen LogP contribution in [0.15, 0.2) is 12.8 Å². The van der Waals surface area contributed by atoms with Gasteiger partial charge >= 0.3 is 5.97 Å². The smallest absolute Gasteiger partial charge is 0.321 e. The van der Waals surface area contributed by atoms with Crippen LogP contribution < -0.4 is 0 Å². The molecule has 0 aliphatic rings. The normalized spacial score (nSPS) is 9.58. The number of hydrogen-bond acceptors (Lipinski definition) is 4. The lowest BCUT2D eigenvalue weighted by molar-refractivity contribution is -0.135. The highest BCUT2D eigenvalue weighted by molar-refractivity contribution is 8.14. The molecule has 0 aliphatic heterocycles. The fraction of sp³-hybridized carbons (Fsp3) is 0.500. The zero-order chi connectivity index (χ0) is 9.56. The highest BCUT2D eigenvalue weighted by atomic mass is 32.2. The van der Waals surface area contributed by atoms with Gasteiger partial charge in [0, 0.05) is 5.92 Å². The Morgan fingerprint density at radius 3 is 2.58 bits per heavy atom. The Morgan fingerprint density at radius 1 is 1.58 bits per heavy atom. The average Bonchev–Trinajstić information content (AvgIpc) is 2.00. The lowest BCUT2D eigenvalue weighted by atomic mass is 10.3. The van der Waals surface area contributed by atoms with Crippen LogP contribution in [0.25, 0.3) is 0 Å². The zero-order valence-corrected chi connectivity index (χ0v) is 8.02. The Labute approximate surface area is 76.2 Å². The maximum absolute atomic E-state index is 11.0. The fourth-order valence-electron chi connectivity index (χ4n) is 0.424. The molecule has 0 amide bonds. The number of thioether (sulfide) groups is 1. The minimum absolute atomic E-state index is 0.00369. The van der Waals surface area contributed by atoms with Gasteiger partial charge in [-0.3, -0.25) is 9.59 Å². The van der Waals surface area contributed by atoms with Gasteiger partial charge in [-0.1, -0.05) is 32.2 Å². The molecule has 0 rings (SSSR count). The standard InChI is InChI=1S/C8H12O3S/c1-4-11-7(9)5-12-8(10)6(2)3/h4,6H,1,5H2,2-3H3. The highest BCUT2D eigenvalue weighted by Crippen LogP contribution is 2.10. The van der Waals surface area contributed by atoms with Gasteiger partial charge in [0.05, 0.1) is 12.0 Å². The molecule has 0 N–H and O–H groups in total. The first-order valence-corrected chi connectivity index (χ1v) is 4.53. The molecule has 0 spiro atoms. The Morgan fingerprint density at radius 2 is 2.17 bits per heavy atom. The third-order valence-electron chi connectivity index (χ3n) is 1.02. The zero-order valence-electron chi connectivity index (χ0n) is 7.20. The van der Waals surface area contributed by atoms with Crippen molar-refractivity contribution in [3.63, 3.8) is 0 Å². The van der Waals surface area contributed by atoms with Crippen LogP contribution in [-0.2, 0) is 14.3 Å². The van der Waals surface area contributed by atoms with E-state index in [2.05, 4.69) is 11.3 Å². The Kier molecular flexibility index (Phi) is 5.45. The van der Waals surface area contributed by atoms with E-state index in [1.165, 1.54) is 0 Å². The van der Waals surface area contributed by atoms with Gasteiger partial charge in [-0.05, 0) is 0 Å². The van der Waals surface area contributed by atoms with Crippen molar-refractivity contribution in [2.75, 3.05) is 5.75 Å². The number of esters is 1. The molecule has 0 aromatic rings. The fourth-order valence-corrected chi connectivity index (χ4v) is 1.09. The van der Waals surface area contributed by atoms with E-state index in [4.69, 9.17) is 0 Å². The summed E-state index contributed by atoms with van der Waals surface area (Å²) in [6, 6.07) is 0. The van der Waals surface area contributed by atoms with Gasteiger partial charge in [-0.2, -0.15) is 0 Å². The monoisotopic (exact) mass is 188 g/mol. The minimum Gasteiger partial charge on any atom is -0.435 e. The van der Waals surface area contributed by atoms with Crippen LogP contribution in [0.1, 0.15) is 13.8 Å². The van der Waals surface area contributed by atoms with Gasteiger partial charge < -0.3 is 4.74 Å². The third kappa shape index (κ3) is 4.96. The Bertz CT molecular complexity index is 187. The number of hydrogen-bond donors (Lipinski definition) is 0. The van der Waals surface area contributed by atoms with E-state index in [0.29, 0.717) is 0 Å². The molecule has 0 aromatic heterocycles. The molecule has 0 heterocycles. The molecular formula is C8H12O3S. The highest BCUT2D eigenvalue weighted by Gasteiger charge is 2.10. The molecule has 0 bridgehead atoms. The second-order valence-electron chi connectivity index (χ2n) is 2.42. The predicted octanol–water partition coefficient (Wildman–Crippen LogP) is 1.59. The second kappa shape index (κ2) is 5.83. The molecule has 0 radical (unpaired) electrons. The first-order valence-electron chi connectivity index (χ1n) is 3.55. The topological polar surface area (TPSA) is 43.4 Å². The van der Waals surface area contributed by atoms with Crippen LogP contribution in [0.5, 0.6) is 0 Å². The Balaban J connectivity index is 3.61. The number of rotatable bonds is 4. The van der Waals surface area contributed by atoms with Gasteiger partial charge in [-0.15, -0.1) is 0 Å². The van der Waals surface area contributed by atoms with Crippen LogP contribution in [-0.4, -0.2) is 16.8 Å². The van der Waals surface area contributed by atoms with Crippen LogP contribution in [0.2, 0.25) is 0 Å². The van der Waals surface area contributed by atoms with Gasteiger partial charge in [-0.25, -0.2) is 0 Å². The number of ether oxygens (including phenoxy) is 1. The van der Waals surface area contributed by atoms with E-state index in [1.54, 1.807) is 13.8 Å². The summed E-state index contributed by atoms with van der Waals surface area (Å²) < 4.78 is 4.42. The first-order chi connectivity index (χ1) is 5.57. The second-order valence-corrected chi connectivity index (χ2v) is 3.40. The Hall–Kier alpha value is -0.770. The maximum Gasteiger partial charge on any atom is 0.321 e. The molecule has 0 saturated carbocycles. The molecule has 0 fully saturated rings. The predicted molar refractivity (Wildman–Crippen MR) is 48.6 cm³/mol. The molecule has 3 nitrogen and oxygen atoms in total. The summed E-state index contributed by atoms with van der Waals surface area (Å²) in [4.78, 5) is 21.7. The van der Waals surface area contributed by atoms with Crippen molar-refractivity contribution in [3.8, 4) is 0 Å². The molecule has 0 unspecified atom stereocenters. The lowest BCUT2D eigenvalue weighted by Crippen LogP contribution is -2.08. The number of carbonyl (C=O) groups is 2. The molecule has 0 aliphatic carbocycles. The summed E-state index contributed by atoms with van der Waals surface area (Å²) in [7, 11) is 0. The van der Waals surface area contributed by atoms with Crippen LogP contribution in [0, 0.1) is 5.92 Å². The van der Waals surface area contributed by atoms with Crippen LogP contribution in [0.4, 0.5) is 0 Å². The number of carbonyl (C=O) groups excluding carboxylic acids is 2. The SMILES string of the molecule is C=COC(=O)CSC(=O)C(C)C. The summed E-state index contributed by atoms with van der Waals surface area (Å²) in [6.07, 6.45) is 1.06. The third-order valence-corrected chi connectivity index (χ3v) is 2.15. The van der Waals surface area contributed by atoms with Crippen molar-refractivity contribution in [1.29, 1.82) is 0 Å².